The molecule has 0 aliphatic heterocycles. The van der Waals surface area contributed by atoms with E-state index in [9.17, 15) is 29.7 Å². The Morgan fingerprint density at radius 2 is 0.533 bits per heavy atom. The lowest BCUT2D eigenvalue weighted by atomic mass is 9.87. The number of carbonyl (C=O) groups excluding carboxylic acids is 3. The van der Waals surface area contributed by atoms with Gasteiger partial charge in [0.2, 0.25) is 0 Å². The third-order valence-corrected chi connectivity index (χ3v) is 9.16. The number of benzene rings is 6. The monoisotopic (exact) mass is 810 g/mol. The summed E-state index contributed by atoms with van der Waals surface area (Å²) in [5, 5.41) is 28.8. The highest BCUT2D eigenvalue weighted by Crippen LogP contribution is 2.28. The summed E-state index contributed by atoms with van der Waals surface area (Å²) in [6, 6.07) is 41.2. The van der Waals surface area contributed by atoms with Gasteiger partial charge in [-0.3, -0.25) is 0 Å². The molecule has 9 nitrogen and oxygen atoms in total. The number of hydrogen-bond acceptors (Lipinski definition) is 9. The highest BCUT2D eigenvalue weighted by Gasteiger charge is 2.18. The van der Waals surface area contributed by atoms with E-state index in [-0.39, 0.29) is 50.2 Å². The zero-order valence-electron chi connectivity index (χ0n) is 35.6. The van der Waals surface area contributed by atoms with Crippen molar-refractivity contribution in [3.05, 3.63) is 179 Å². The number of phenolic OH excluding ortho intramolecular Hbond substituents is 3. The molecule has 6 aromatic carbocycles. The average Bonchev–Trinajstić information content (AvgIpc) is 3.18. The number of ether oxygens (including phenoxy) is 3. The van der Waals surface area contributed by atoms with Gasteiger partial charge in [-0.2, -0.15) is 0 Å². The Labute approximate surface area is 352 Å². The van der Waals surface area contributed by atoms with Crippen LogP contribution in [0, 0.1) is 0 Å². The predicted octanol–water partition coefficient (Wildman–Crippen LogP) is 11.7. The highest BCUT2D eigenvalue weighted by atomic mass is 16.5. The van der Waals surface area contributed by atoms with Gasteiger partial charge in [0.15, 0.2) is 0 Å². The van der Waals surface area contributed by atoms with Crippen LogP contribution in [0.3, 0.4) is 0 Å². The normalized spacial score (nSPS) is 11.2. The number of rotatable bonds is 6. The van der Waals surface area contributed by atoms with E-state index in [1.165, 1.54) is 53.1 Å². The zero-order valence-corrected chi connectivity index (χ0v) is 35.6. The Morgan fingerprint density at radius 3 is 0.717 bits per heavy atom. The molecule has 0 bridgehead atoms. The largest absolute Gasteiger partial charge is 0.507 e. The minimum absolute atomic E-state index is 0.0558. The van der Waals surface area contributed by atoms with Crippen molar-refractivity contribution in [2.75, 3.05) is 0 Å². The number of para-hydroxylation sites is 3. The van der Waals surface area contributed by atoms with Gasteiger partial charge in [0, 0.05) is 0 Å². The summed E-state index contributed by atoms with van der Waals surface area (Å²) in [4.78, 5) is 35.8. The third kappa shape index (κ3) is 13.3. The molecule has 0 aliphatic carbocycles. The van der Waals surface area contributed by atoms with Crippen LogP contribution in [0.1, 0.15) is 110 Å². The zero-order chi connectivity index (χ0) is 44.3. The molecule has 0 unspecified atom stereocenters. The van der Waals surface area contributed by atoms with E-state index in [2.05, 4.69) is 62.3 Å². The van der Waals surface area contributed by atoms with Gasteiger partial charge in [0.1, 0.15) is 51.2 Å². The standard InChI is InChI=1S/3C17H18O3/c3*1-17(2,3)12-8-10-13(11-9-12)20-16(19)14-6-4-5-7-15(14)18/h3*4-11,18H,1-3H3. The molecule has 6 aromatic rings. The summed E-state index contributed by atoms with van der Waals surface area (Å²) < 4.78 is 15.7. The van der Waals surface area contributed by atoms with E-state index in [1.807, 2.05) is 36.4 Å². The number of aromatic hydroxyl groups is 3. The fourth-order valence-electron chi connectivity index (χ4n) is 5.49. The van der Waals surface area contributed by atoms with E-state index in [0.29, 0.717) is 17.2 Å². The molecule has 0 atom stereocenters. The van der Waals surface area contributed by atoms with Gasteiger partial charge in [-0.25, -0.2) is 14.4 Å². The number of esters is 3. The molecule has 0 heterocycles. The fourth-order valence-corrected chi connectivity index (χ4v) is 5.49. The Morgan fingerprint density at radius 1 is 0.333 bits per heavy atom. The Bertz CT molecular complexity index is 2090. The molecule has 0 amide bonds. The summed E-state index contributed by atoms with van der Waals surface area (Å²) in [5.74, 6) is -0.537. The lowest BCUT2D eigenvalue weighted by Gasteiger charge is -2.19. The predicted molar refractivity (Wildman–Crippen MR) is 235 cm³/mol. The maximum absolute atomic E-state index is 11.9. The van der Waals surface area contributed by atoms with Crippen molar-refractivity contribution in [2.45, 2.75) is 78.6 Å². The molecular formula is C51H54O9. The molecule has 0 aliphatic rings. The van der Waals surface area contributed by atoms with Crippen LogP contribution >= 0.6 is 0 Å². The van der Waals surface area contributed by atoms with Crippen molar-refractivity contribution in [3.63, 3.8) is 0 Å². The minimum atomic E-state index is -0.563. The van der Waals surface area contributed by atoms with Crippen molar-refractivity contribution in [1.82, 2.24) is 0 Å². The molecule has 0 aromatic heterocycles. The molecule has 6 rings (SSSR count). The molecule has 0 fully saturated rings. The Kier molecular flexibility index (Phi) is 15.1. The van der Waals surface area contributed by atoms with Gasteiger partial charge in [-0.1, -0.05) is 135 Å². The highest BCUT2D eigenvalue weighted by molar-refractivity contribution is 5.95. The van der Waals surface area contributed by atoms with E-state index in [1.54, 1.807) is 72.8 Å². The van der Waals surface area contributed by atoms with E-state index in [0.717, 1.165) is 0 Å². The smallest absolute Gasteiger partial charge is 0.347 e. The average molecular weight is 811 g/mol. The first-order valence-electron chi connectivity index (χ1n) is 19.5. The third-order valence-electron chi connectivity index (χ3n) is 9.16. The lowest BCUT2D eigenvalue weighted by Crippen LogP contribution is -2.11. The van der Waals surface area contributed by atoms with E-state index in [4.69, 9.17) is 14.2 Å². The van der Waals surface area contributed by atoms with Gasteiger partial charge < -0.3 is 29.5 Å². The number of hydrogen-bond donors (Lipinski definition) is 3. The maximum Gasteiger partial charge on any atom is 0.347 e. The van der Waals surface area contributed by atoms with Crippen LogP contribution in [-0.2, 0) is 16.2 Å². The quantitative estimate of drug-likeness (QED) is 0.111. The topological polar surface area (TPSA) is 140 Å². The van der Waals surface area contributed by atoms with Crippen LogP contribution in [0.25, 0.3) is 0 Å². The molecule has 0 radical (unpaired) electrons. The van der Waals surface area contributed by atoms with Crippen LogP contribution < -0.4 is 14.2 Å². The number of phenols is 3. The van der Waals surface area contributed by atoms with Crippen LogP contribution in [0.2, 0.25) is 0 Å². The fraction of sp³-hybridized carbons (Fsp3) is 0.235. The first-order valence-corrected chi connectivity index (χ1v) is 19.5. The maximum atomic E-state index is 11.9. The molecule has 9 heteroatoms. The first kappa shape index (κ1) is 45.8. The molecule has 0 saturated heterocycles. The molecule has 0 spiro atoms. The summed E-state index contributed by atoms with van der Waals surface area (Å²) in [7, 11) is 0. The SMILES string of the molecule is CC(C)(C)c1ccc(OC(=O)c2ccccc2O)cc1.CC(C)(C)c1ccc(OC(=O)c2ccccc2O)cc1.CC(C)(C)c1ccc(OC(=O)c2ccccc2O)cc1. The van der Waals surface area contributed by atoms with Gasteiger partial charge in [-0.15, -0.1) is 0 Å². The summed E-state index contributed by atoms with van der Waals surface area (Å²) in [6.45, 7) is 19.1. The Hall–Kier alpha value is -6.87. The van der Waals surface area contributed by atoms with Crippen molar-refractivity contribution in [2.24, 2.45) is 0 Å². The second-order valence-electron chi connectivity index (χ2n) is 17.0. The molecule has 0 saturated carbocycles. The minimum Gasteiger partial charge on any atom is -0.507 e. The number of carbonyl (C=O) groups is 3. The van der Waals surface area contributed by atoms with Crippen LogP contribution in [-0.4, -0.2) is 33.2 Å². The second-order valence-corrected chi connectivity index (χ2v) is 17.0. The van der Waals surface area contributed by atoms with Crippen LogP contribution in [0.15, 0.2) is 146 Å². The van der Waals surface area contributed by atoms with Crippen molar-refractivity contribution >= 4 is 17.9 Å². The van der Waals surface area contributed by atoms with E-state index >= 15 is 0 Å². The van der Waals surface area contributed by atoms with Crippen molar-refractivity contribution < 1.29 is 43.9 Å². The molecular weight excluding hydrogens is 757 g/mol. The molecule has 3 N–H and O–H groups in total. The van der Waals surface area contributed by atoms with Crippen molar-refractivity contribution in [3.8, 4) is 34.5 Å². The second kappa shape index (κ2) is 19.7. The van der Waals surface area contributed by atoms with Gasteiger partial charge >= 0.3 is 17.9 Å². The van der Waals surface area contributed by atoms with Gasteiger partial charge in [0.25, 0.3) is 0 Å². The lowest BCUT2D eigenvalue weighted by molar-refractivity contribution is 0.0721. The van der Waals surface area contributed by atoms with Crippen LogP contribution in [0.4, 0.5) is 0 Å². The summed E-state index contributed by atoms with van der Waals surface area (Å²) in [5.41, 5.74) is 4.15. The van der Waals surface area contributed by atoms with Crippen molar-refractivity contribution in [1.29, 1.82) is 0 Å². The molecule has 60 heavy (non-hydrogen) atoms. The summed E-state index contributed by atoms with van der Waals surface area (Å²) in [6.07, 6.45) is 0. The van der Waals surface area contributed by atoms with Gasteiger partial charge in [0.05, 0.1) is 0 Å². The first-order chi connectivity index (χ1) is 28.1. The van der Waals surface area contributed by atoms with Gasteiger partial charge in [-0.05, 0) is 106 Å². The van der Waals surface area contributed by atoms with E-state index < -0.39 is 17.9 Å². The molecule has 312 valence electrons. The Balaban J connectivity index is 0.000000198. The summed E-state index contributed by atoms with van der Waals surface area (Å²) >= 11 is 0. The van der Waals surface area contributed by atoms with Crippen LogP contribution in [0.5, 0.6) is 34.5 Å².